The minimum atomic E-state index is -3.80. The second-order valence-electron chi connectivity index (χ2n) is 23.0. The number of sulfone groups is 1. The van der Waals surface area contributed by atoms with Gasteiger partial charge in [0.25, 0.3) is 20.4 Å². The molecule has 3 aromatic carbocycles. The fraction of sp³-hybridized carbons (Fsp3) is 0.600. The number of rotatable bonds is 12. The van der Waals surface area contributed by atoms with Crippen molar-refractivity contribution in [3.8, 4) is 0 Å². The quantitative estimate of drug-likeness (QED) is 0.0384. The van der Waals surface area contributed by atoms with E-state index in [9.17, 15) is 56.2 Å². The number of hydrogen-bond donors (Lipinski definition) is 5. The van der Waals surface area contributed by atoms with Crippen LogP contribution >= 0.6 is 67.6 Å². The Balaban J connectivity index is 0.000000210. The predicted molar refractivity (Wildman–Crippen MR) is 332 cm³/mol. The maximum Gasteiger partial charge on any atom is 0.304 e. The van der Waals surface area contributed by atoms with Crippen LogP contribution in [0.4, 0.5) is 11.4 Å². The van der Waals surface area contributed by atoms with Crippen LogP contribution in [-0.4, -0.2) is 161 Å². The largest absolute Gasteiger partial charge is 0.481 e. The average Bonchev–Trinajstić information content (AvgIpc) is 0.894. The van der Waals surface area contributed by atoms with Gasteiger partial charge in [0, 0.05) is 105 Å². The summed E-state index contributed by atoms with van der Waals surface area (Å²) in [6.07, 6.45) is 15.6. The van der Waals surface area contributed by atoms with Crippen molar-refractivity contribution in [2.24, 2.45) is 29.4 Å². The third-order valence-corrected chi connectivity index (χ3v) is 21.9. The first-order valence-corrected chi connectivity index (χ1v) is 34.1. The molecule has 84 heavy (non-hydrogen) atoms. The van der Waals surface area contributed by atoms with E-state index in [-0.39, 0.29) is 50.5 Å². The first kappa shape index (κ1) is 72.4. The number of thiol groups is 1. The maximum atomic E-state index is 11.8. The minimum absolute atomic E-state index is 0. The highest BCUT2D eigenvalue weighted by atomic mass is 79.9. The van der Waals surface area contributed by atoms with Crippen molar-refractivity contribution >= 4 is 122 Å². The molecule has 12 aliphatic carbocycles. The Bertz CT molecular complexity index is 2910. The van der Waals surface area contributed by atoms with Gasteiger partial charge in [0.2, 0.25) is 17.7 Å². The van der Waals surface area contributed by atoms with E-state index in [1.807, 2.05) is 44.3 Å². The van der Waals surface area contributed by atoms with Gasteiger partial charge in [0.05, 0.1) is 44.9 Å². The summed E-state index contributed by atoms with van der Waals surface area (Å²) in [5.41, 5.74) is 6.65. The lowest BCUT2D eigenvalue weighted by Crippen LogP contribution is -2.72. The van der Waals surface area contributed by atoms with Crippen LogP contribution in [0.3, 0.4) is 0 Å². The van der Waals surface area contributed by atoms with E-state index in [1.54, 1.807) is 0 Å². The number of alkyl halides is 2. The molecule has 17 rings (SSSR count). The number of carbonyl (C=O) groups excluding carboxylic acids is 3. The van der Waals surface area contributed by atoms with Crippen LogP contribution in [0.25, 0.3) is 0 Å². The summed E-state index contributed by atoms with van der Waals surface area (Å²) in [5, 5.41) is 37.2. The lowest BCUT2D eigenvalue weighted by atomic mass is 9.49. The van der Waals surface area contributed by atoms with Crippen molar-refractivity contribution in [2.45, 2.75) is 134 Å². The van der Waals surface area contributed by atoms with Crippen molar-refractivity contribution < 1.29 is 56.4 Å². The topological polar surface area (TPSA) is 334 Å². The van der Waals surface area contributed by atoms with Crippen molar-refractivity contribution in [1.29, 1.82) is 0 Å². The minimum Gasteiger partial charge on any atom is -0.481 e. The smallest absolute Gasteiger partial charge is 0.304 e. The Labute approximate surface area is 524 Å². The van der Waals surface area contributed by atoms with E-state index in [4.69, 9.17) is 21.5 Å². The SMILES string of the molecule is BrCCBr.CCC(=O)NC12CC(C1)C2.CN1CCN(C23CC(C2)C3)C(=O)C1.Cl.NC12CC(C1)C2.O.O=C(O)CCS(=O)(=O)c1ccc([N+](=O)[O-])cc1.O=C1CNCCN1C12CC(C1)C2.O=[N+]([O-])c1ccc(S(=O)(=O)Cl)cc1.Sc1ccccc1. The number of amides is 3. The molecule has 14 fully saturated rings. The highest BCUT2D eigenvalue weighted by Crippen LogP contribution is 2.61. The van der Waals surface area contributed by atoms with Crippen LogP contribution in [-0.2, 0) is 38.1 Å². The number of aliphatic carboxylic acids is 1. The van der Waals surface area contributed by atoms with Crippen LogP contribution in [0.1, 0.15) is 96.8 Å². The predicted octanol–water partition coefficient (Wildman–Crippen LogP) is 7.56. The summed E-state index contributed by atoms with van der Waals surface area (Å²) in [6, 6.07) is 18.4. The highest BCUT2D eigenvalue weighted by molar-refractivity contribution is 9.11. The number of piperazine rings is 2. The first-order chi connectivity index (χ1) is 38.6. The van der Waals surface area contributed by atoms with Crippen LogP contribution in [0, 0.1) is 43.9 Å². The lowest BCUT2D eigenvalue weighted by molar-refractivity contribution is -0.385. The number of nitrogens with one attached hydrogen (secondary N) is 2. The average molecular weight is 1400 g/mol. The Hall–Kier alpha value is -4.03. The molecule has 0 spiro atoms. The molecule has 8 bridgehead atoms. The van der Waals surface area contributed by atoms with Gasteiger partial charge in [0.1, 0.15) is 0 Å². The molecule has 2 heterocycles. The molecule has 14 aliphatic rings. The Morgan fingerprint density at radius 3 is 1.46 bits per heavy atom. The summed E-state index contributed by atoms with van der Waals surface area (Å²) in [5.74, 6) is 3.09. The Morgan fingerprint density at radius 2 is 1.17 bits per heavy atom. The lowest BCUT2D eigenvalue weighted by Gasteiger charge is -2.67. The molecule has 0 atom stereocenters. The van der Waals surface area contributed by atoms with E-state index in [1.165, 1.54) is 77.0 Å². The van der Waals surface area contributed by atoms with E-state index in [2.05, 4.69) is 69.8 Å². The third kappa shape index (κ3) is 19.5. The Morgan fingerprint density at radius 1 is 0.738 bits per heavy atom. The van der Waals surface area contributed by atoms with Crippen molar-refractivity contribution in [2.75, 3.05) is 62.7 Å². The summed E-state index contributed by atoms with van der Waals surface area (Å²) >= 11 is 10.5. The second kappa shape index (κ2) is 31.2. The molecule has 29 heteroatoms. The molecule has 3 aromatic rings. The van der Waals surface area contributed by atoms with Gasteiger partial charge in [-0.05, 0) is 144 Å². The van der Waals surface area contributed by atoms with Gasteiger partial charge >= 0.3 is 5.97 Å². The zero-order valence-electron chi connectivity index (χ0n) is 47.0. The molecular formula is C55H78Br2Cl2N8O14S3. The number of nitro groups is 2. The number of halogens is 4. The van der Waals surface area contributed by atoms with Gasteiger partial charge in [-0.2, -0.15) is 0 Å². The molecule has 468 valence electrons. The maximum absolute atomic E-state index is 11.8. The summed E-state index contributed by atoms with van der Waals surface area (Å²) in [6.45, 7) is 7.03. The van der Waals surface area contributed by atoms with E-state index in [0.29, 0.717) is 47.9 Å². The molecule has 0 aromatic heterocycles. The standard InChI is InChI=1S/C10H16N2O.C9H14N2O.C9H9NO6S.C8H13NO.C6H4ClNO4S.C6H6S.C5H9N.C2H4Br2.ClH.H2O/c1-11-2-3-12(9(13)7-11)10-4-8(5-10)6-10;12-8-6-10-1-2-11(8)9-3-7(4-9)5-9;11-9(12)5-6-17(15,16)8-3-1-7(2-4-8)10(13)14;1-2-7(10)9-8-3-6(4-8)5-8;7-13(11,12)6-3-1-5(2-4-6)8(9)10;7-6-4-2-1-3-5-6;6-5-1-4(2-5)3-5;3-1-2-4;;/h8H,2-7H2,1H3;7,10H,1-6H2;1-4H,5-6H2,(H,11,12);6H,2-5H2,1H3,(H,9,10);1-4H;1-5,7H;4H,1-3,6H2;1-2H2;1H;1H2. The summed E-state index contributed by atoms with van der Waals surface area (Å²) in [7, 11) is -0.479. The molecule has 12 saturated carbocycles. The van der Waals surface area contributed by atoms with Gasteiger partial charge in [0.15, 0.2) is 9.84 Å². The van der Waals surface area contributed by atoms with Gasteiger partial charge in [-0.1, -0.05) is 57.0 Å². The third-order valence-electron chi connectivity index (χ3n) is 16.7. The normalized spacial score (nSPS) is 27.8. The molecule has 3 amide bonds. The number of carbonyl (C=O) groups is 4. The number of nitro benzene ring substituents is 2. The van der Waals surface area contributed by atoms with Gasteiger partial charge in [-0.25, -0.2) is 16.8 Å². The first-order valence-electron chi connectivity index (χ1n) is 27.4. The van der Waals surface area contributed by atoms with Crippen molar-refractivity contribution in [3.63, 3.8) is 0 Å². The number of carboxylic acids is 1. The van der Waals surface area contributed by atoms with E-state index < -0.39 is 46.9 Å². The van der Waals surface area contributed by atoms with E-state index >= 15 is 0 Å². The fourth-order valence-electron chi connectivity index (χ4n) is 11.8. The van der Waals surface area contributed by atoms with Gasteiger partial charge < -0.3 is 36.7 Å². The van der Waals surface area contributed by atoms with Crippen LogP contribution in [0.2, 0.25) is 0 Å². The number of nitrogens with two attached hydrogens (primary N) is 1. The number of likely N-dealkylation sites (N-methyl/N-ethyl adjacent to an activating group) is 1. The van der Waals surface area contributed by atoms with Crippen molar-refractivity contribution in [1.82, 2.24) is 25.3 Å². The fourth-order valence-corrected chi connectivity index (χ4v) is 13.9. The van der Waals surface area contributed by atoms with E-state index in [0.717, 1.165) is 114 Å². The van der Waals surface area contributed by atoms with Crippen molar-refractivity contribution in [3.05, 3.63) is 99.1 Å². The number of benzene rings is 3. The highest BCUT2D eigenvalue weighted by Gasteiger charge is 2.62. The number of non-ortho nitro benzene ring substituents is 2. The Kier molecular flexibility index (Phi) is 26.9. The molecule has 0 unspecified atom stereocenters. The van der Waals surface area contributed by atoms with Crippen LogP contribution < -0.4 is 16.4 Å². The second-order valence-corrected chi connectivity index (χ2v) is 29.8. The summed E-state index contributed by atoms with van der Waals surface area (Å²) in [4.78, 5) is 70.9. The zero-order chi connectivity index (χ0) is 60.3. The number of carboxylic acid groups (broad SMARTS) is 1. The molecule has 22 nitrogen and oxygen atoms in total. The van der Waals surface area contributed by atoms with Gasteiger partial charge in [-0.15, -0.1) is 25.0 Å². The van der Waals surface area contributed by atoms with Crippen LogP contribution in [0.5, 0.6) is 0 Å². The summed E-state index contributed by atoms with van der Waals surface area (Å²) < 4.78 is 44.6. The zero-order valence-corrected chi connectivity index (χ0v) is 54.3. The molecular weight excluding hydrogens is 1320 g/mol. The number of nitrogens with zero attached hydrogens (tertiary/aromatic N) is 5. The molecule has 2 saturated heterocycles. The molecule has 2 aliphatic heterocycles. The number of hydrogen-bond acceptors (Lipinski definition) is 16. The molecule has 0 radical (unpaired) electrons. The monoisotopic (exact) mass is 1400 g/mol. The van der Waals surface area contributed by atoms with Gasteiger partial charge in [-0.3, -0.25) is 44.3 Å². The van der Waals surface area contributed by atoms with Crippen LogP contribution in [0.15, 0.2) is 93.5 Å². The molecule has 7 N–H and O–H groups in total.